The summed E-state index contributed by atoms with van der Waals surface area (Å²) in [6.07, 6.45) is 11.8. The van der Waals surface area contributed by atoms with Crippen LogP contribution in [0.25, 0.3) is 11.1 Å². The summed E-state index contributed by atoms with van der Waals surface area (Å²) in [4.78, 5) is 0. The Morgan fingerprint density at radius 2 is 1.39 bits per heavy atom. The summed E-state index contributed by atoms with van der Waals surface area (Å²) in [5.41, 5.74) is 11.7. The van der Waals surface area contributed by atoms with Gasteiger partial charge in [0, 0.05) is 0 Å². The van der Waals surface area contributed by atoms with Crippen molar-refractivity contribution in [3.8, 4) is 0 Å². The molecule has 0 unspecified atom stereocenters. The highest BCUT2D eigenvalue weighted by molar-refractivity contribution is 5.87. The van der Waals surface area contributed by atoms with Gasteiger partial charge in [0.1, 0.15) is 0 Å². The molecule has 230 valence electrons. The standard InChI is InChI=1S/C32H42.C3H6.3C2H6/c1-9-11-25-15-14-24(18-23(2)22-31(3,4)5)19-30(25)28-17-16-27(20-28)26-12-10-13-29(21-26)32(6,7)8;1-3-2;3*1-2/h10,12-17,19,21H,2,9,11,18,20,22H2,1,3-8H3;3H,1H2,2H3;3*1-2H3. The second kappa shape index (κ2) is 21.2. The van der Waals surface area contributed by atoms with Crippen LogP contribution in [0.15, 0.2) is 79.4 Å². The Morgan fingerprint density at radius 3 is 1.90 bits per heavy atom. The highest BCUT2D eigenvalue weighted by atomic mass is 14.2. The van der Waals surface area contributed by atoms with Gasteiger partial charge in [-0.2, -0.15) is 0 Å². The highest BCUT2D eigenvalue weighted by Crippen LogP contribution is 2.37. The van der Waals surface area contributed by atoms with E-state index in [0.29, 0.717) is 0 Å². The third-order valence-electron chi connectivity index (χ3n) is 6.24. The van der Waals surface area contributed by atoms with Crippen molar-refractivity contribution < 1.29 is 0 Å². The van der Waals surface area contributed by atoms with Gasteiger partial charge in [-0.1, -0.05) is 169 Å². The molecule has 1 aliphatic carbocycles. The maximum atomic E-state index is 4.38. The van der Waals surface area contributed by atoms with Gasteiger partial charge in [0.05, 0.1) is 0 Å². The number of hydrogen-bond acceptors (Lipinski definition) is 0. The minimum Gasteiger partial charge on any atom is -0.103 e. The molecule has 1 aliphatic rings. The minimum atomic E-state index is 0.170. The second-order valence-electron chi connectivity index (χ2n) is 12.2. The maximum absolute atomic E-state index is 4.38. The molecule has 0 nitrogen and oxygen atoms in total. The fraction of sp³-hybridized carbons (Fsp3) is 0.512. The molecule has 41 heavy (non-hydrogen) atoms. The monoisotopic (exact) mass is 559 g/mol. The number of benzene rings is 2. The lowest BCUT2D eigenvalue weighted by atomic mass is 9.84. The van der Waals surface area contributed by atoms with Gasteiger partial charge in [0.15, 0.2) is 0 Å². The summed E-state index contributed by atoms with van der Waals surface area (Å²) >= 11 is 0. The van der Waals surface area contributed by atoms with Crippen LogP contribution in [0, 0.1) is 5.41 Å². The second-order valence-corrected chi connectivity index (χ2v) is 12.2. The lowest BCUT2D eigenvalue weighted by molar-refractivity contribution is 0.407. The highest BCUT2D eigenvalue weighted by Gasteiger charge is 2.19. The van der Waals surface area contributed by atoms with E-state index < -0.39 is 0 Å². The summed E-state index contributed by atoms with van der Waals surface area (Å²) in [5.74, 6) is 0. The molecule has 0 amide bonds. The molecule has 0 heterocycles. The van der Waals surface area contributed by atoms with Crippen molar-refractivity contribution in [3.63, 3.8) is 0 Å². The van der Waals surface area contributed by atoms with Crippen molar-refractivity contribution in [3.05, 3.63) is 107 Å². The zero-order valence-corrected chi connectivity index (χ0v) is 29.7. The van der Waals surface area contributed by atoms with Crippen LogP contribution in [0.1, 0.15) is 144 Å². The van der Waals surface area contributed by atoms with Crippen molar-refractivity contribution in [2.75, 3.05) is 0 Å². The lowest BCUT2D eigenvalue weighted by Gasteiger charge is -2.21. The van der Waals surface area contributed by atoms with Gasteiger partial charge in [0.25, 0.3) is 0 Å². The molecule has 0 aliphatic heterocycles. The predicted octanol–water partition coefficient (Wildman–Crippen LogP) is 13.6. The predicted molar refractivity (Wildman–Crippen MR) is 193 cm³/mol. The van der Waals surface area contributed by atoms with Crippen molar-refractivity contribution >= 4 is 11.1 Å². The van der Waals surface area contributed by atoms with E-state index in [2.05, 4.69) is 116 Å². The zero-order valence-electron chi connectivity index (χ0n) is 29.7. The molecule has 0 heteroatoms. The summed E-state index contributed by atoms with van der Waals surface area (Å²) in [6, 6.07) is 16.2. The van der Waals surface area contributed by atoms with Crippen LogP contribution < -0.4 is 0 Å². The average molecular weight is 559 g/mol. The Bertz CT molecular complexity index is 1070. The van der Waals surface area contributed by atoms with E-state index >= 15 is 0 Å². The first kappa shape index (κ1) is 40.5. The third-order valence-corrected chi connectivity index (χ3v) is 6.24. The Balaban J connectivity index is 0. The Morgan fingerprint density at radius 1 is 0.829 bits per heavy atom. The summed E-state index contributed by atoms with van der Waals surface area (Å²) in [6.45, 7) is 37.6. The Hall–Kier alpha value is -2.60. The fourth-order valence-electron chi connectivity index (χ4n) is 4.71. The van der Waals surface area contributed by atoms with Gasteiger partial charge in [-0.15, -0.1) is 6.58 Å². The van der Waals surface area contributed by atoms with Crippen molar-refractivity contribution in [2.45, 2.75) is 134 Å². The fourth-order valence-corrected chi connectivity index (χ4v) is 4.71. The number of hydrogen-bond donors (Lipinski definition) is 0. The first-order chi connectivity index (χ1) is 19.4. The Labute approximate surface area is 257 Å². The van der Waals surface area contributed by atoms with Crippen molar-refractivity contribution in [2.24, 2.45) is 5.41 Å². The minimum absolute atomic E-state index is 0.170. The van der Waals surface area contributed by atoms with Crippen LogP contribution in [0.5, 0.6) is 0 Å². The van der Waals surface area contributed by atoms with Crippen LogP contribution in [0.2, 0.25) is 0 Å². The van der Waals surface area contributed by atoms with Gasteiger partial charge in [-0.05, 0) is 82.4 Å². The molecule has 0 fully saturated rings. The van der Waals surface area contributed by atoms with E-state index in [1.807, 2.05) is 48.5 Å². The van der Waals surface area contributed by atoms with Gasteiger partial charge < -0.3 is 0 Å². The largest absolute Gasteiger partial charge is 0.103 e. The summed E-state index contributed by atoms with van der Waals surface area (Å²) in [5, 5.41) is 0. The molecule has 0 bridgehead atoms. The first-order valence-corrected chi connectivity index (χ1v) is 16.2. The molecule has 0 aromatic heterocycles. The molecular weight excluding hydrogens is 492 g/mol. The van der Waals surface area contributed by atoms with Gasteiger partial charge >= 0.3 is 0 Å². The van der Waals surface area contributed by atoms with Crippen LogP contribution in [0.4, 0.5) is 0 Å². The van der Waals surface area contributed by atoms with E-state index in [-0.39, 0.29) is 10.8 Å². The van der Waals surface area contributed by atoms with Crippen molar-refractivity contribution in [1.82, 2.24) is 0 Å². The third kappa shape index (κ3) is 15.3. The molecule has 2 aromatic carbocycles. The van der Waals surface area contributed by atoms with Crippen LogP contribution in [-0.4, -0.2) is 0 Å². The molecule has 0 saturated heterocycles. The van der Waals surface area contributed by atoms with Gasteiger partial charge in [-0.25, -0.2) is 0 Å². The van der Waals surface area contributed by atoms with E-state index in [1.54, 1.807) is 6.08 Å². The maximum Gasteiger partial charge on any atom is -0.00138 e. The normalized spacial score (nSPS) is 12.0. The van der Waals surface area contributed by atoms with E-state index in [9.17, 15) is 0 Å². The van der Waals surface area contributed by atoms with E-state index in [1.165, 1.54) is 51.0 Å². The molecule has 0 radical (unpaired) electrons. The molecule has 3 rings (SSSR count). The molecule has 0 spiro atoms. The van der Waals surface area contributed by atoms with E-state index in [0.717, 1.165) is 25.7 Å². The molecular formula is C41H66. The van der Waals surface area contributed by atoms with Gasteiger partial charge in [0.2, 0.25) is 0 Å². The molecule has 0 saturated carbocycles. The average Bonchev–Trinajstić information content (AvgIpc) is 3.42. The number of allylic oxidation sites excluding steroid dienone is 6. The molecule has 0 N–H and O–H groups in total. The van der Waals surface area contributed by atoms with E-state index in [4.69, 9.17) is 0 Å². The van der Waals surface area contributed by atoms with Gasteiger partial charge in [-0.3, -0.25) is 0 Å². The van der Waals surface area contributed by atoms with Crippen LogP contribution in [-0.2, 0) is 18.3 Å². The topological polar surface area (TPSA) is 0 Å². The quantitative estimate of drug-likeness (QED) is 0.296. The van der Waals surface area contributed by atoms with Crippen LogP contribution >= 0.6 is 0 Å². The lowest BCUT2D eigenvalue weighted by Crippen LogP contribution is -2.11. The summed E-state index contributed by atoms with van der Waals surface area (Å²) < 4.78 is 0. The Kier molecular flexibility index (Phi) is 20.9. The number of rotatable bonds is 7. The summed E-state index contributed by atoms with van der Waals surface area (Å²) in [7, 11) is 0. The van der Waals surface area contributed by atoms with Crippen LogP contribution in [0.3, 0.4) is 0 Å². The van der Waals surface area contributed by atoms with Crippen molar-refractivity contribution in [1.29, 1.82) is 0 Å². The zero-order chi connectivity index (χ0) is 32.2. The smallest absolute Gasteiger partial charge is 0.00138 e. The molecule has 2 aromatic rings. The first-order valence-electron chi connectivity index (χ1n) is 16.2. The molecule has 0 atom stereocenters. The number of aryl methyl sites for hydroxylation is 1. The SMILES string of the molecule is C=C(Cc1ccc(CCC)c(C2=CC=C(c3cccc(C(C)(C)C)c3)C2)c1)CC(C)(C)C.C=CC.CC.CC.CC.